The zero-order chi connectivity index (χ0) is 73.4. The number of ketones is 2. The summed E-state index contributed by atoms with van der Waals surface area (Å²) in [5.74, 6) is -8.40. The number of ether oxygens (including phenoxy) is 2. The fourth-order valence-electron chi connectivity index (χ4n) is 12.5. The maximum Gasteiger partial charge on any atom is 0.355 e. The SMILES string of the molecule is CC1=C\[C@@H](O)CC(=O)Cc2nc(co2)C(=O)N2CCC=C2C(=O)O[C@H](C(C)C)[C@H](C)/C=C/C(=O)NC\C=C\1.CCC1NC(=O)C(NC(=O)c2ncccc2O)C(C)OC(=O)C(c2ccccc2)NC(=O)C2CC(=O)CCN2C(=O)C(Cc2ccc(N(C)C)cc2)N(C)C(=O)C2CCCN2C1=O. The predicted molar refractivity (Wildman–Crippen MR) is 366 cm³/mol. The number of aliphatic hydroxyl groups excluding tert-OH is 1. The maximum atomic E-state index is 15.0. The minimum Gasteiger partial charge on any atom is -0.505 e. The molecule has 6 N–H and O–H groups in total. The molecule has 28 heteroatoms. The van der Waals surface area contributed by atoms with E-state index in [4.69, 9.17) is 13.9 Å². The summed E-state index contributed by atoms with van der Waals surface area (Å²) in [5, 5.41) is 31.2. The molecule has 0 aliphatic carbocycles. The van der Waals surface area contributed by atoms with E-state index >= 15 is 0 Å². The number of amides is 8. The number of aliphatic hydroxyl groups is 1. The lowest BCUT2D eigenvalue weighted by atomic mass is 9.94. The van der Waals surface area contributed by atoms with E-state index in [0.717, 1.165) is 17.5 Å². The number of hydrogen-bond donors (Lipinski definition) is 6. The molecule has 3 saturated heterocycles. The number of anilines is 1. The number of piperidine rings is 1. The zero-order valence-corrected chi connectivity index (χ0v) is 58.2. The highest BCUT2D eigenvalue weighted by atomic mass is 16.6. The summed E-state index contributed by atoms with van der Waals surface area (Å²) in [7, 11) is 5.25. The van der Waals surface area contributed by atoms with Crippen molar-refractivity contribution in [3.05, 3.63) is 155 Å². The largest absolute Gasteiger partial charge is 0.505 e. The van der Waals surface area contributed by atoms with Crippen molar-refractivity contribution in [1.29, 1.82) is 0 Å². The van der Waals surface area contributed by atoms with Crippen molar-refractivity contribution in [2.45, 2.75) is 154 Å². The Kier molecular flexibility index (Phi) is 26.3. The number of allylic oxidation sites excluding steroid dienone is 2. The fourth-order valence-corrected chi connectivity index (χ4v) is 12.5. The van der Waals surface area contributed by atoms with Gasteiger partial charge in [0, 0.05) is 90.8 Å². The Labute approximate surface area is 585 Å². The molecule has 10 atom stereocenters. The lowest BCUT2D eigenvalue weighted by Crippen LogP contribution is -2.61. The molecule has 538 valence electrons. The Morgan fingerprint density at radius 1 is 0.822 bits per heavy atom. The molecule has 2 aromatic heterocycles. The van der Waals surface area contributed by atoms with Crippen LogP contribution < -0.4 is 26.2 Å². The van der Waals surface area contributed by atoms with Crippen molar-refractivity contribution < 1.29 is 81.6 Å². The van der Waals surface area contributed by atoms with E-state index in [9.17, 15) is 67.7 Å². The number of aromatic nitrogens is 2. The molecule has 5 aliphatic rings. The fraction of sp³-hybridized carbons (Fsp3) is 0.452. The minimum absolute atomic E-state index is 0.0299. The molecule has 9 rings (SSSR count). The molecule has 0 radical (unpaired) electrons. The predicted octanol–water partition coefficient (Wildman–Crippen LogP) is 3.93. The van der Waals surface area contributed by atoms with E-state index in [0.29, 0.717) is 18.4 Å². The number of carbonyl (C=O) groups is 12. The number of hydrogen-bond acceptors (Lipinski definition) is 20. The number of pyridine rings is 1. The van der Waals surface area contributed by atoms with Gasteiger partial charge in [0.1, 0.15) is 71.7 Å². The second-order valence-corrected chi connectivity index (χ2v) is 26.1. The summed E-state index contributed by atoms with van der Waals surface area (Å²) in [6, 6.07) is 10.1. The molecule has 2 aromatic carbocycles. The molecule has 101 heavy (non-hydrogen) atoms. The number of Topliss-reactive ketones (excluding diaryl/α,β-unsaturated/α-hetero) is 2. The van der Waals surface area contributed by atoms with E-state index < -0.39 is 119 Å². The summed E-state index contributed by atoms with van der Waals surface area (Å²) < 4.78 is 17.0. The lowest BCUT2D eigenvalue weighted by Gasteiger charge is -2.40. The van der Waals surface area contributed by atoms with Crippen LogP contribution in [0.15, 0.2) is 131 Å². The van der Waals surface area contributed by atoms with Crippen molar-refractivity contribution in [1.82, 2.24) is 50.8 Å². The van der Waals surface area contributed by atoms with Crippen molar-refractivity contribution in [3.8, 4) is 5.75 Å². The number of esters is 2. The van der Waals surface area contributed by atoms with E-state index in [1.165, 1.54) is 58.0 Å². The van der Waals surface area contributed by atoms with E-state index in [2.05, 4.69) is 31.2 Å². The number of likely N-dealkylation sites (N-methyl/N-ethyl adjacent to an activating group) is 1. The molecule has 2 bridgehead atoms. The Bertz CT molecular complexity index is 3860. The van der Waals surface area contributed by atoms with Gasteiger partial charge in [-0.2, -0.15) is 0 Å². The van der Waals surface area contributed by atoms with Crippen LogP contribution in [-0.4, -0.2) is 206 Å². The molecule has 7 unspecified atom stereocenters. The Morgan fingerprint density at radius 2 is 1.54 bits per heavy atom. The first-order valence-corrected chi connectivity index (χ1v) is 33.8. The van der Waals surface area contributed by atoms with Gasteiger partial charge in [-0.3, -0.25) is 47.9 Å². The smallest absolute Gasteiger partial charge is 0.355 e. The van der Waals surface area contributed by atoms with Gasteiger partial charge in [0.2, 0.25) is 41.3 Å². The Morgan fingerprint density at radius 3 is 2.24 bits per heavy atom. The van der Waals surface area contributed by atoms with Crippen molar-refractivity contribution in [2.75, 3.05) is 52.2 Å². The monoisotopic (exact) mass is 1390 g/mol. The zero-order valence-electron chi connectivity index (χ0n) is 58.2. The Balaban J connectivity index is 0.000000291. The van der Waals surface area contributed by atoms with Crippen LogP contribution in [-0.2, 0) is 70.3 Å². The number of nitrogens with zero attached hydrogens (tertiary/aromatic N) is 7. The summed E-state index contributed by atoms with van der Waals surface area (Å²) >= 11 is 0. The molecule has 28 nitrogen and oxygen atoms in total. The number of rotatable bonds is 8. The van der Waals surface area contributed by atoms with Gasteiger partial charge >= 0.3 is 11.9 Å². The van der Waals surface area contributed by atoms with Crippen LogP contribution in [0.5, 0.6) is 5.75 Å². The third-order valence-electron chi connectivity index (χ3n) is 18.0. The molecule has 4 aromatic rings. The molecular formula is C73H89N11O17. The molecule has 0 spiro atoms. The topological polar surface area (TPSA) is 367 Å². The number of benzene rings is 2. The van der Waals surface area contributed by atoms with Crippen LogP contribution in [0, 0.1) is 11.8 Å². The average molecular weight is 1390 g/mol. The van der Waals surface area contributed by atoms with E-state index in [-0.39, 0.29) is 123 Å². The summed E-state index contributed by atoms with van der Waals surface area (Å²) in [6.07, 6.45) is 9.66. The van der Waals surface area contributed by atoms with Gasteiger partial charge in [-0.15, -0.1) is 0 Å². The van der Waals surface area contributed by atoms with Gasteiger partial charge in [-0.1, -0.05) is 106 Å². The third-order valence-corrected chi connectivity index (χ3v) is 18.0. The van der Waals surface area contributed by atoms with Crippen LogP contribution in [0.25, 0.3) is 0 Å². The minimum atomic E-state index is -1.68. The third kappa shape index (κ3) is 19.6. The molecular weight excluding hydrogens is 1300 g/mol. The first-order valence-electron chi connectivity index (χ1n) is 33.8. The molecule has 3 fully saturated rings. The highest BCUT2D eigenvalue weighted by Gasteiger charge is 2.46. The van der Waals surface area contributed by atoms with Crippen LogP contribution in [0.2, 0.25) is 0 Å². The standard InChI is InChI=1S/C45H54N8O10.C28H35N3O7/c1-6-31-42(59)52-22-11-14-32(52)43(60)51(5)34(24-27-16-18-29(19-17-27)50(3)4)44(61)53-23-20-30(54)25-33(53)39(56)49-37(28-12-8-7-9-13-28)45(62)63-26(2)36(40(57)47-31)48-41(58)38-35(55)15-10-21-46-38;1-17(2)26-19(4)9-10-24(34)29-11-5-7-18(3)13-20(32)14-21(33)15-25-30-22(16-37-25)27(35)31-12-6-8-23(31)28(36)38-26/h7-10,12-13,15-19,21,26,31-34,36-37,55H,6,11,14,20,22-25H2,1-5H3,(H,47,57)(H,48,58)(H,49,56);5,7-10,13,16-17,19-20,26,32H,6,11-12,14-15H2,1-4H3,(H,29,34)/b;7-5+,10-9+,18-13+/t;19-,20-,26-/m.1/s1. The van der Waals surface area contributed by atoms with Gasteiger partial charge in [-0.05, 0) is 86.9 Å². The molecule has 8 amide bonds. The Hall–Kier alpha value is -10.6. The highest BCUT2D eigenvalue weighted by molar-refractivity contribution is 6.02. The number of oxazole rings is 1. The average Bonchev–Trinajstić information content (AvgIpc) is 1.79. The van der Waals surface area contributed by atoms with E-state index in [1.54, 1.807) is 74.6 Å². The number of cyclic esters (lactones) is 2. The number of fused-ring (bicyclic) bond motifs is 5. The molecule has 5 aliphatic heterocycles. The van der Waals surface area contributed by atoms with Gasteiger partial charge in [0.25, 0.3) is 11.8 Å². The number of nitrogens with one attached hydrogen (secondary N) is 4. The van der Waals surface area contributed by atoms with Crippen molar-refractivity contribution in [3.63, 3.8) is 0 Å². The van der Waals surface area contributed by atoms with Crippen LogP contribution in [0.3, 0.4) is 0 Å². The van der Waals surface area contributed by atoms with Gasteiger partial charge in [0.05, 0.1) is 12.5 Å². The highest BCUT2D eigenvalue weighted by Crippen LogP contribution is 2.29. The first-order chi connectivity index (χ1) is 48.1. The molecule has 0 saturated carbocycles. The number of aromatic hydroxyl groups is 1. The summed E-state index contributed by atoms with van der Waals surface area (Å²) in [4.78, 5) is 180. The second-order valence-electron chi connectivity index (χ2n) is 26.1. The van der Waals surface area contributed by atoms with Gasteiger partial charge in [-0.25, -0.2) is 19.6 Å². The lowest BCUT2D eigenvalue weighted by molar-refractivity contribution is -0.157. The van der Waals surface area contributed by atoms with Crippen molar-refractivity contribution >= 4 is 76.4 Å². The summed E-state index contributed by atoms with van der Waals surface area (Å²) in [6.45, 7) is 11.0. The first kappa shape index (κ1) is 76.1. The van der Waals surface area contributed by atoms with Crippen LogP contribution in [0.1, 0.15) is 131 Å². The quantitative estimate of drug-likeness (QED) is 0.136. The second kappa shape index (κ2) is 34.9. The van der Waals surface area contributed by atoms with E-state index in [1.807, 2.05) is 64.0 Å². The van der Waals surface area contributed by atoms with Crippen LogP contribution >= 0.6 is 0 Å². The van der Waals surface area contributed by atoms with Gasteiger partial charge < -0.3 is 69.9 Å². The normalized spacial score (nSPS) is 26.3. The van der Waals surface area contributed by atoms with Gasteiger partial charge in [0.15, 0.2) is 17.4 Å². The number of carbonyl (C=O) groups excluding carboxylic acids is 12. The molecule has 7 heterocycles. The van der Waals surface area contributed by atoms with Crippen LogP contribution in [0.4, 0.5) is 5.69 Å². The van der Waals surface area contributed by atoms with Crippen molar-refractivity contribution in [2.24, 2.45) is 11.8 Å². The summed E-state index contributed by atoms with van der Waals surface area (Å²) in [5.41, 5.74) is 2.26. The maximum absolute atomic E-state index is 15.0.